The van der Waals surface area contributed by atoms with Crippen LogP contribution >= 0.6 is 17.2 Å². The molecule has 0 atom stereocenters. The van der Waals surface area contributed by atoms with E-state index >= 15 is 0 Å². The summed E-state index contributed by atoms with van der Waals surface area (Å²) in [6.45, 7) is 3.36. The van der Waals surface area contributed by atoms with Gasteiger partial charge in [-0.1, -0.05) is 0 Å². The molecule has 0 unspecified atom stereocenters. The van der Waals surface area contributed by atoms with E-state index in [2.05, 4.69) is 0 Å². The second kappa shape index (κ2) is 5.73. The summed E-state index contributed by atoms with van der Waals surface area (Å²) in [6, 6.07) is 3.07. The maximum atomic E-state index is 8.73. The molecular weight excluding hydrogens is 254 g/mol. The lowest BCUT2D eigenvalue weighted by atomic mass is 10.1. The summed E-state index contributed by atoms with van der Waals surface area (Å²) in [6.07, 6.45) is 0. The summed E-state index contributed by atoms with van der Waals surface area (Å²) < 4.78 is 9.57. The quantitative estimate of drug-likeness (QED) is 0.616. The van der Waals surface area contributed by atoms with Gasteiger partial charge in [-0.2, -0.15) is 0 Å². The highest BCUT2D eigenvalue weighted by Gasteiger charge is 2.12. The van der Waals surface area contributed by atoms with Gasteiger partial charge in [0.2, 0.25) is 0 Å². The van der Waals surface area contributed by atoms with E-state index in [0.29, 0.717) is 22.6 Å². The molecule has 0 heterocycles. The van der Waals surface area contributed by atoms with Gasteiger partial charge in [-0.3, -0.25) is 0 Å². The molecule has 0 aliphatic rings. The first-order valence-corrected chi connectivity index (χ1v) is 6.56. The Morgan fingerprint density at radius 1 is 0.812 bits per heavy atom. The summed E-state index contributed by atoms with van der Waals surface area (Å²) in [7, 11) is -4.93. The Morgan fingerprint density at radius 2 is 1.12 bits per heavy atom. The minimum Gasteiger partial charge on any atom is -0.427 e. The lowest BCUT2D eigenvalue weighted by molar-refractivity contribution is 0.367. The number of benzene rings is 1. The van der Waals surface area contributed by atoms with Gasteiger partial charge in [-0.15, -0.1) is 0 Å². The van der Waals surface area contributed by atoms with E-state index < -0.39 is 17.2 Å². The summed E-state index contributed by atoms with van der Waals surface area (Å²) >= 11 is 0. The van der Waals surface area contributed by atoms with Gasteiger partial charge in [0.15, 0.2) is 0 Å². The summed E-state index contributed by atoms with van der Waals surface area (Å²) in [5.74, 6) is 0.641. The van der Waals surface area contributed by atoms with Crippen LogP contribution in [0.2, 0.25) is 0 Å². The number of hydrogen-bond acceptors (Lipinski definition) is 6. The molecule has 6 nitrogen and oxygen atoms in total. The van der Waals surface area contributed by atoms with Gasteiger partial charge in [0.05, 0.1) is 0 Å². The van der Waals surface area contributed by atoms with Gasteiger partial charge in [0.25, 0.3) is 0 Å². The summed E-state index contributed by atoms with van der Waals surface area (Å²) in [5.41, 5.74) is 1.21. The molecule has 4 N–H and O–H groups in total. The Labute approximate surface area is 95.1 Å². The van der Waals surface area contributed by atoms with Crippen molar-refractivity contribution < 1.29 is 28.6 Å². The molecule has 0 amide bonds. The number of hydrogen-bond donors (Lipinski definition) is 4. The van der Waals surface area contributed by atoms with Gasteiger partial charge in [-0.05, 0) is 37.1 Å². The zero-order chi connectivity index (χ0) is 12.3. The third-order valence-corrected chi connectivity index (χ3v) is 2.55. The van der Waals surface area contributed by atoms with Crippen molar-refractivity contribution in [1.29, 1.82) is 0 Å². The monoisotopic (exact) mass is 266 g/mol. The van der Waals surface area contributed by atoms with E-state index in [1.54, 1.807) is 13.8 Å². The number of aryl methyl sites for hydroxylation is 2. The fourth-order valence-electron chi connectivity index (χ4n) is 1.14. The van der Waals surface area contributed by atoms with Gasteiger partial charge in [0.1, 0.15) is 11.5 Å². The molecular formula is C8H12O6P2. The average molecular weight is 266 g/mol. The van der Waals surface area contributed by atoms with Crippen LogP contribution in [-0.2, 0) is 0 Å². The first-order chi connectivity index (χ1) is 7.40. The third kappa shape index (κ3) is 3.83. The lowest BCUT2D eigenvalue weighted by Gasteiger charge is -2.13. The van der Waals surface area contributed by atoms with Crippen molar-refractivity contribution >= 4 is 17.2 Å². The molecule has 0 radical (unpaired) electrons. The van der Waals surface area contributed by atoms with Gasteiger partial charge in [-0.25, -0.2) is 0 Å². The molecule has 0 fully saturated rings. The zero-order valence-corrected chi connectivity index (χ0v) is 10.4. The van der Waals surface area contributed by atoms with Crippen LogP contribution < -0.4 is 9.05 Å². The molecule has 16 heavy (non-hydrogen) atoms. The fraction of sp³-hybridized carbons (Fsp3) is 0.250. The molecule has 0 saturated heterocycles. The largest absolute Gasteiger partial charge is 0.427 e. The van der Waals surface area contributed by atoms with Crippen molar-refractivity contribution in [2.24, 2.45) is 0 Å². The highest BCUT2D eigenvalue weighted by atomic mass is 31.2. The fourth-order valence-corrected chi connectivity index (χ4v) is 1.88. The van der Waals surface area contributed by atoms with Crippen LogP contribution in [0.4, 0.5) is 0 Å². The van der Waals surface area contributed by atoms with E-state index in [9.17, 15) is 0 Å². The van der Waals surface area contributed by atoms with Crippen molar-refractivity contribution in [2.45, 2.75) is 13.8 Å². The summed E-state index contributed by atoms with van der Waals surface area (Å²) in [5, 5.41) is 0. The molecule has 0 aromatic heterocycles. The highest BCUT2D eigenvalue weighted by Crippen LogP contribution is 2.38. The molecule has 1 aromatic rings. The first kappa shape index (κ1) is 13.6. The second-order valence-electron chi connectivity index (χ2n) is 3.07. The normalized spacial score (nSPS) is 11.0. The smallest absolute Gasteiger partial charge is 0.391 e. The average Bonchev–Trinajstić information content (AvgIpc) is 2.11. The van der Waals surface area contributed by atoms with Crippen molar-refractivity contribution in [3.8, 4) is 11.5 Å². The van der Waals surface area contributed by atoms with Crippen molar-refractivity contribution in [2.75, 3.05) is 0 Å². The van der Waals surface area contributed by atoms with E-state index in [-0.39, 0.29) is 0 Å². The second-order valence-corrected chi connectivity index (χ2v) is 4.45. The summed E-state index contributed by atoms with van der Waals surface area (Å²) in [4.78, 5) is 34.9. The SMILES string of the molecule is Cc1cc(OP(O)O)c(C)cc1OP(O)O. The Bertz CT molecular complexity index is 332. The predicted octanol–water partition coefficient (Wildman–Crippen LogP) is 1.48. The van der Waals surface area contributed by atoms with Crippen molar-refractivity contribution in [3.63, 3.8) is 0 Å². The molecule has 0 bridgehead atoms. The van der Waals surface area contributed by atoms with Gasteiger partial charge in [0, 0.05) is 0 Å². The molecule has 90 valence electrons. The van der Waals surface area contributed by atoms with Gasteiger partial charge < -0.3 is 28.6 Å². The molecule has 1 rings (SSSR count). The maximum absolute atomic E-state index is 8.73. The zero-order valence-electron chi connectivity index (χ0n) is 8.65. The molecule has 8 heteroatoms. The molecule has 0 aliphatic heterocycles. The van der Waals surface area contributed by atoms with Gasteiger partial charge >= 0.3 is 17.2 Å². The minimum absolute atomic E-state index is 0.321. The highest BCUT2D eigenvalue weighted by molar-refractivity contribution is 7.40. The van der Waals surface area contributed by atoms with Crippen LogP contribution in [0.5, 0.6) is 11.5 Å². The van der Waals surface area contributed by atoms with Crippen LogP contribution in [0.1, 0.15) is 11.1 Å². The van der Waals surface area contributed by atoms with E-state index in [4.69, 9.17) is 28.6 Å². The number of rotatable bonds is 4. The van der Waals surface area contributed by atoms with Crippen LogP contribution in [0.15, 0.2) is 12.1 Å². The topological polar surface area (TPSA) is 99.4 Å². The molecule has 0 aliphatic carbocycles. The molecule has 0 spiro atoms. The Balaban J connectivity index is 2.97. The van der Waals surface area contributed by atoms with Crippen LogP contribution in [-0.4, -0.2) is 19.6 Å². The molecule has 0 saturated carbocycles. The van der Waals surface area contributed by atoms with Crippen LogP contribution in [0, 0.1) is 13.8 Å². The predicted molar refractivity (Wildman–Crippen MR) is 59.9 cm³/mol. The standard InChI is InChI=1S/C8H12O6P2/c1-5-3-8(14-16(11)12)6(2)4-7(5)13-15(9)10/h3-4,9-12H,1-2H3. The van der Waals surface area contributed by atoms with E-state index in [1.165, 1.54) is 12.1 Å². The lowest BCUT2D eigenvalue weighted by Crippen LogP contribution is -1.93. The Kier molecular flexibility index (Phi) is 4.87. The van der Waals surface area contributed by atoms with Crippen molar-refractivity contribution in [1.82, 2.24) is 0 Å². The van der Waals surface area contributed by atoms with E-state index in [1.807, 2.05) is 0 Å². The Morgan fingerprint density at radius 3 is 1.38 bits per heavy atom. The minimum atomic E-state index is -2.47. The van der Waals surface area contributed by atoms with E-state index in [0.717, 1.165) is 0 Å². The van der Waals surface area contributed by atoms with Crippen LogP contribution in [0.3, 0.4) is 0 Å². The maximum Gasteiger partial charge on any atom is 0.391 e. The third-order valence-electron chi connectivity index (χ3n) is 1.83. The first-order valence-electron chi connectivity index (χ1n) is 4.23. The molecule has 1 aromatic carbocycles. The Hall–Kier alpha value is -0.480. The van der Waals surface area contributed by atoms with Crippen LogP contribution in [0.25, 0.3) is 0 Å². The van der Waals surface area contributed by atoms with Crippen molar-refractivity contribution in [3.05, 3.63) is 23.3 Å².